The van der Waals surface area contributed by atoms with Crippen LogP contribution in [0.4, 0.5) is 0 Å². The van der Waals surface area contributed by atoms with Gasteiger partial charge in [0.15, 0.2) is 5.82 Å². The standard InChI is InChI=1S/C15H16N6O3/c1-20-8-7-9(19-20)14-17-18-15(13(16)22)21(14)12-10(23-2)5-4-6-11(12)24-3/h4-8H,1-3H3,(H2,16,22). The van der Waals surface area contributed by atoms with Gasteiger partial charge in [0, 0.05) is 13.2 Å². The molecule has 0 bridgehead atoms. The summed E-state index contributed by atoms with van der Waals surface area (Å²) in [5.41, 5.74) is 6.47. The highest BCUT2D eigenvalue weighted by Gasteiger charge is 2.25. The number of aromatic nitrogens is 5. The minimum Gasteiger partial charge on any atom is -0.494 e. The molecule has 1 aromatic carbocycles. The van der Waals surface area contributed by atoms with E-state index in [4.69, 9.17) is 15.2 Å². The van der Waals surface area contributed by atoms with Crippen LogP contribution in [0.15, 0.2) is 30.5 Å². The summed E-state index contributed by atoms with van der Waals surface area (Å²) in [7, 11) is 4.82. The second-order valence-electron chi connectivity index (χ2n) is 4.93. The first kappa shape index (κ1) is 15.5. The predicted molar refractivity (Wildman–Crippen MR) is 85.2 cm³/mol. The summed E-state index contributed by atoms with van der Waals surface area (Å²) < 4.78 is 13.9. The molecule has 0 saturated carbocycles. The molecule has 1 amide bonds. The summed E-state index contributed by atoms with van der Waals surface area (Å²) in [6, 6.07) is 7.01. The average molecular weight is 328 g/mol. The van der Waals surface area contributed by atoms with E-state index in [2.05, 4.69) is 15.3 Å². The van der Waals surface area contributed by atoms with Gasteiger partial charge < -0.3 is 15.2 Å². The molecule has 2 heterocycles. The van der Waals surface area contributed by atoms with Crippen LogP contribution >= 0.6 is 0 Å². The molecule has 0 atom stereocenters. The number of carbonyl (C=O) groups is 1. The van der Waals surface area contributed by atoms with E-state index in [1.807, 2.05) is 0 Å². The Morgan fingerprint density at radius 1 is 1.12 bits per heavy atom. The SMILES string of the molecule is COc1cccc(OC)c1-n1c(C(N)=O)nnc1-c1ccn(C)n1. The molecule has 9 heteroatoms. The topological polar surface area (TPSA) is 110 Å². The van der Waals surface area contributed by atoms with E-state index < -0.39 is 5.91 Å². The van der Waals surface area contributed by atoms with E-state index in [0.29, 0.717) is 28.7 Å². The van der Waals surface area contributed by atoms with Crippen molar-refractivity contribution in [3.05, 3.63) is 36.3 Å². The van der Waals surface area contributed by atoms with Crippen molar-refractivity contribution in [3.63, 3.8) is 0 Å². The van der Waals surface area contributed by atoms with Crippen LogP contribution in [-0.4, -0.2) is 44.7 Å². The molecule has 0 fully saturated rings. The van der Waals surface area contributed by atoms with Crippen LogP contribution in [0.3, 0.4) is 0 Å². The molecule has 24 heavy (non-hydrogen) atoms. The number of methoxy groups -OCH3 is 2. The molecular weight excluding hydrogens is 312 g/mol. The number of nitrogens with two attached hydrogens (primary N) is 1. The first-order valence-corrected chi connectivity index (χ1v) is 7.03. The maximum atomic E-state index is 11.8. The Labute approximate surface area is 137 Å². The van der Waals surface area contributed by atoms with E-state index in [1.165, 1.54) is 18.8 Å². The van der Waals surface area contributed by atoms with Crippen LogP contribution < -0.4 is 15.2 Å². The molecule has 0 saturated heterocycles. The van der Waals surface area contributed by atoms with Crippen LogP contribution in [0.25, 0.3) is 17.2 Å². The van der Waals surface area contributed by atoms with Crippen LogP contribution in [0.1, 0.15) is 10.6 Å². The zero-order chi connectivity index (χ0) is 17.3. The van der Waals surface area contributed by atoms with Crippen molar-refractivity contribution in [3.8, 4) is 28.7 Å². The van der Waals surface area contributed by atoms with Gasteiger partial charge in [-0.2, -0.15) is 5.10 Å². The van der Waals surface area contributed by atoms with Crippen molar-refractivity contribution in [1.29, 1.82) is 0 Å². The Hall–Kier alpha value is -3.36. The van der Waals surface area contributed by atoms with Gasteiger partial charge in [-0.3, -0.25) is 14.0 Å². The summed E-state index contributed by atoms with van der Waals surface area (Å²) in [5, 5.41) is 12.3. The molecule has 124 valence electrons. The van der Waals surface area contributed by atoms with Gasteiger partial charge in [-0.25, -0.2) is 0 Å². The summed E-state index contributed by atoms with van der Waals surface area (Å²) in [6.07, 6.45) is 1.76. The first-order valence-electron chi connectivity index (χ1n) is 7.03. The zero-order valence-electron chi connectivity index (χ0n) is 13.4. The van der Waals surface area contributed by atoms with Crippen LogP contribution in [0, 0.1) is 0 Å². The highest BCUT2D eigenvalue weighted by Crippen LogP contribution is 2.35. The molecule has 9 nitrogen and oxygen atoms in total. The van der Waals surface area contributed by atoms with Gasteiger partial charge in [0.2, 0.25) is 5.82 Å². The second kappa shape index (κ2) is 6.03. The Bertz CT molecular complexity index is 876. The van der Waals surface area contributed by atoms with Crippen molar-refractivity contribution in [1.82, 2.24) is 24.5 Å². The summed E-state index contributed by atoms with van der Waals surface area (Å²) in [5.74, 6) is 0.547. The minimum absolute atomic E-state index is 0.0431. The Balaban J connectivity index is 2.35. The molecule has 0 spiro atoms. The number of hydrogen-bond donors (Lipinski definition) is 1. The Kier molecular flexibility index (Phi) is 3.90. The third-order valence-corrected chi connectivity index (χ3v) is 3.45. The van der Waals surface area contributed by atoms with E-state index in [9.17, 15) is 4.79 Å². The molecule has 0 aliphatic rings. The molecular formula is C15H16N6O3. The molecule has 2 aromatic heterocycles. The summed E-state index contributed by atoms with van der Waals surface area (Å²) >= 11 is 0. The zero-order valence-corrected chi connectivity index (χ0v) is 13.4. The maximum absolute atomic E-state index is 11.8. The molecule has 0 aliphatic heterocycles. The number of amides is 1. The van der Waals surface area contributed by atoms with Gasteiger partial charge in [0.05, 0.1) is 14.2 Å². The van der Waals surface area contributed by atoms with Crippen LogP contribution in [0.2, 0.25) is 0 Å². The molecule has 0 radical (unpaired) electrons. The van der Waals surface area contributed by atoms with Crippen LogP contribution in [0.5, 0.6) is 11.5 Å². The van der Waals surface area contributed by atoms with E-state index in [-0.39, 0.29) is 5.82 Å². The number of aryl methyl sites for hydroxylation is 1. The Morgan fingerprint density at radius 2 is 1.79 bits per heavy atom. The number of primary amides is 1. The lowest BCUT2D eigenvalue weighted by molar-refractivity contribution is 0.0988. The van der Waals surface area contributed by atoms with Gasteiger partial charge in [-0.05, 0) is 18.2 Å². The number of rotatable bonds is 5. The predicted octanol–water partition coefficient (Wildman–Crippen LogP) is 0.784. The van der Waals surface area contributed by atoms with Crippen molar-refractivity contribution in [2.24, 2.45) is 12.8 Å². The molecule has 2 N–H and O–H groups in total. The molecule has 3 aromatic rings. The summed E-state index contributed by atoms with van der Waals surface area (Å²) in [6.45, 7) is 0. The van der Waals surface area contributed by atoms with Gasteiger partial charge >= 0.3 is 0 Å². The normalized spacial score (nSPS) is 10.6. The summed E-state index contributed by atoms with van der Waals surface area (Å²) in [4.78, 5) is 11.8. The number of para-hydroxylation sites is 1. The number of nitrogens with zero attached hydrogens (tertiary/aromatic N) is 5. The fourth-order valence-electron chi connectivity index (χ4n) is 2.41. The fourth-order valence-corrected chi connectivity index (χ4v) is 2.41. The molecule has 0 unspecified atom stereocenters. The van der Waals surface area contributed by atoms with Crippen molar-refractivity contribution < 1.29 is 14.3 Å². The minimum atomic E-state index is -0.724. The van der Waals surface area contributed by atoms with Crippen molar-refractivity contribution >= 4 is 5.91 Å². The highest BCUT2D eigenvalue weighted by atomic mass is 16.5. The lowest BCUT2D eigenvalue weighted by atomic mass is 10.2. The van der Waals surface area contributed by atoms with Gasteiger partial charge in [-0.1, -0.05) is 6.07 Å². The lowest BCUT2D eigenvalue weighted by Gasteiger charge is -2.15. The quantitative estimate of drug-likeness (QED) is 0.741. The maximum Gasteiger partial charge on any atom is 0.287 e. The van der Waals surface area contributed by atoms with E-state index in [0.717, 1.165) is 0 Å². The number of carbonyl (C=O) groups excluding carboxylic acids is 1. The van der Waals surface area contributed by atoms with Crippen molar-refractivity contribution in [2.45, 2.75) is 0 Å². The van der Waals surface area contributed by atoms with Gasteiger partial charge in [0.1, 0.15) is 22.9 Å². The third kappa shape index (κ3) is 2.45. The third-order valence-electron chi connectivity index (χ3n) is 3.45. The highest BCUT2D eigenvalue weighted by molar-refractivity contribution is 5.91. The monoisotopic (exact) mass is 328 g/mol. The van der Waals surface area contributed by atoms with E-state index in [1.54, 1.807) is 42.2 Å². The van der Waals surface area contributed by atoms with E-state index >= 15 is 0 Å². The van der Waals surface area contributed by atoms with Crippen molar-refractivity contribution in [2.75, 3.05) is 14.2 Å². The van der Waals surface area contributed by atoms with Crippen LogP contribution in [-0.2, 0) is 7.05 Å². The second-order valence-corrected chi connectivity index (χ2v) is 4.93. The first-order chi connectivity index (χ1) is 11.6. The molecule has 0 aliphatic carbocycles. The lowest BCUT2D eigenvalue weighted by Crippen LogP contribution is -2.18. The fraction of sp³-hybridized carbons (Fsp3) is 0.200. The molecule has 3 rings (SSSR count). The number of hydrogen-bond acceptors (Lipinski definition) is 6. The number of benzene rings is 1. The Morgan fingerprint density at radius 3 is 2.29 bits per heavy atom. The van der Waals surface area contributed by atoms with Gasteiger partial charge in [0.25, 0.3) is 5.91 Å². The van der Waals surface area contributed by atoms with Gasteiger partial charge in [-0.15, -0.1) is 10.2 Å². The number of ether oxygens (including phenoxy) is 2. The average Bonchev–Trinajstić information content (AvgIpc) is 3.19. The largest absolute Gasteiger partial charge is 0.494 e. The smallest absolute Gasteiger partial charge is 0.287 e.